The number of aliphatic carboxylic acids is 1. The summed E-state index contributed by atoms with van der Waals surface area (Å²) in [5, 5.41) is 18.7. The zero-order valence-corrected chi connectivity index (χ0v) is 34.6. The third-order valence-corrected chi connectivity index (χ3v) is 10.9. The molecule has 0 spiro atoms. The molecule has 15 heteroatoms. The van der Waals surface area contributed by atoms with Crippen molar-refractivity contribution in [3.8, 4) is 0 Å². The Hall–Kier alpha value is -3.63. The number of likely N-dealkylation sites (tertiary alicyclic amines) is 1. The fourth-order valence-electron chi connectivity index (χ4n) is 7.54. The van der Waals surface area contributed by atoms with Crippen molar-refractivity contribution < 1.29 is 43.4 Å². The van der Waals surface area contributed by atoms with E-state index >= 15 is 0 Å². The first-order valence-electron chi connectivity index (χ1n) is 19.6. The monoisotopic (exact) mass is 777 g/mol. The largest absolute Gasteiger partial charge is 0.480 e. The third-order valence-electron chi connectivity index (χ3n) is 10.9. The zero-order chi connectivity index (χ0) is 41.4. The lowest BCUT2D eigenvalue weighted by atomic mass is 9.89. The number of hydrogen-bond acceptors (Lipinski definition) is 10. The van der Waals surface area contributed by atoms with Crippen LogP contribution in [0.15, 0.2) is 30.3 Å². The molecule has 4 amide bonds. The number of ether oxygens (including phenoxy) is 2. The van der Waals surface area contributed by atoms with Crippen LogP contribution in [0.2, 0.25) is 0 Å². The number of amides is 4. The highest BCUT2D eigenvalue weighted by molar-refractivity contribution is 5.90. The lowest BCUT2D eigenvalue weighted by molar-refractivity contribution is -0.148. The molecule has 1 saturated heterocycles. The highest BCUT2D eigenvalue weighted by Crippen LogP contribution is 2.30. The second-order valence-electron chi connectivity index (χ2n) is 15.5. The number of nitrogens with zero attached hydrogens (tertiary/aromatic N) is 2. The van der Waals surface area contributed by atoms with Crippen LogP contribution in [-0.4, -0.2) is 128 Å². The number of carboxylic acids is 1. The number of carbonyl (C=O) groups is 5. The van der Waals surface area contributed by atoms with Gasteiger partial charge in [0.2, 0.25) is 23.6 Å². The van der Waals surface area contributed by atoms with Crippen LogP contribution in [0.3, 0.4) is 0 Å². The minimum Gasteiger partial charge on any atom is -0.480 e. The molecule has 1 heterocycles. The van der Waals surface area contributed by atoms with E-state index in [0.717, 1.165) is 5.56 Å². The first kappa shape index (κ1) is 47.5. The summed E-state index contributed by atoms with van der Waals surface area (Å²) in [6.45, 7) is 14.3. The van der Waals surface area contributed by atoms with E-state index in [1.807, 2.05) is 71.9 Å². The number of hydrogen-bond donors (Lipinski definition) is 5. The molecule has 15 nitrogen and oxygen atoms in total. The Morgan fingerprint density at radius 2 is 1.58 bits per heavy atom. The summed E-state index contributed by atoms with van der Waals surface area (Å²) in [7, 11) is 4.71. The second kappa shape index (κ2) is 23.4. The van der Waals surface area contributed by atoms with E-state index in [9.17, 15) is 29.1 Å². The molecular formula is C40H68N6O9. The van der Waals surface area contributed by atoms with Gasteiger partial charge >= 0.3 is 5.97 Å². The van der Waals surface area contributed by atoms with Crippen LogP contribution >= 0.6 is 0 Å². The molecule has 312 valence electrons. The number of carbonyl (C=O) groups excluding carboxylic acids is 4. The van der Waals surface area contributed by atoms with Gasteiger partial charge in [0.15, 0.2) is 0 Å². The SMILES string of the molecule is CC[C@H](C)C([C@@H](CC(=O)N1CCC[C@H]1[C@H](OC)[C@@H](C)C(=O)N[C@@H](Cc1ccccc1)C(=O)O)OC)N(C)C(=O)[C@@H](NC(=O)[C@@H](NCCON)C(C)C)C(C)C. The van der Waals surface area contributed by atoms with Gasteiger partial charge in [-0.1, -0.05) is 85.2 Å². The fourth-order valence-corrected chi connectivity index (χ4v) is 7.54. The minimum atomic E-state index is -1.14. The van der Waals surface area contributed by atoms with Crippen LogP contribution in [0.4, 0.5) is 0 Å². The summed E-state index contributed by atoms with van der Waals surface area (Å²) in [6.07, 6.45) is 0.704. The van der Waals surface area contributed by atoms with Crippen molar-refractivity contribution in [2.24, 2.45) is 29.6 Å². The van der Waals surface area contributed by atoms with E-state index in [1.165, 1.54) is 14.2 Å². The number of rotatable bonds is 24. The average Bonchev–Trinajstić information content (AvgIpc) is 3.64. The normalized spacial score (nSPS) is 18.9. The standard InChI is InChI=1S/C40H68N6O9/c1-11-26(6)35(45(8)39(50)34(25(4)5)44-38(49)33(24(2)3)42-19-21-55-41)31(53-9)23-32(47)46-20-15-18-30(46)36(54-10)27(7)37(48)43-29(40(51)52)22-28-16-13-12-14-17-28/h12-14,16-17,24-27,29-31,33-36,42H,11,15,18-23,41H2,1-10H3,(H,43,48)(H,44,49)(H,51,52)/t26-,27+,29-,30-,31+,33-,34-,35?,36+/m0/s1. The van der Waals surface area contributed by atoms with E-state index in [-0.39, 0.29) is 54.9 Å². The van der Waals surface area contributed by atoms with Gasteiger partial charge in [-0.3, -0.25) is 19.2 Å². The van der Waals surface area contributed by atoms with Crippen LogP contribution in [0.5, 0.6) is 0 Å². The Bertz CT molecular complexity index is 1370. The molecule has 9 atom stereocenters. The minimum absolute atomic E-state index is 0.0317. The molecule has 55 heavy (non-hydrogen) atoms. The van der Waals surface area contributed by atoms with Gasteiger partial charge in [0.25, 0.3) is 0 Å². The Balaban J connectivity index is 2.26. The summed E-state index contributed by atoms with van der Waals surface area (Å²) in [5.41, 5.74) is 0.779. The van der Waals surface area contributed by atoms with E-state index in [1.54, 1.807) is 23.8 Å². The Kier molecular flexibility index (Phi) is 20.3. The fraction of sp³-hybridized carbons (Fsp3) is 0.725. The molecule has 0 radical (unpaired) electrons. The van der Waals surface area contributed by atoms with Gasteiger partial charge < -0.3 is 45.2 Å². The van der Waals surface area contributed by atoms with Crippen LogP contribution in [0, 0.1) is 23.7 Å². The van der Waals surface area contributed by atoms with Gasteiger partial charge in [-0.15, -0.1) is 0 Å². The highest BCUT2D eigenvalue weighted by atomic mass is 16.6. The van der Waals surface area contributed by atoms with Crippen LogP contribution in [0.1, 0.15) is 79.7 Å². The zero-order valence-electron chi connectivity index (χ0n) is 34.6. The molecule has 1 aliphatic heterocycles. The first-order valence-corrected chi connectivity index (χ1v) is 19.6. The highest BCUT2D eigenvalue weighted by Gasteiger charge is 2.43. The molecule has 0 bridgehead atoms. The number of methoxy groups -OCH3 is 2. The summed E-state index contributed by atoms with van der Waals surface area (Å²) < 4.78 is 11.9. The molecule has 1 aromatic carbocycles. The van der Waals surface area contributed by atoms with Gasteiger partial charge in [-0.25, -0.2) is 10.7 Å². The maximum absolute atomic E-state index is 14.2. The lowest BCUT2D eigenvalue weighted by Gasteiger charge is -2.41. The predicted octanol–water partition coefficient (Wildman–Crippen LogP) is 2.36. The smallest absolute Gasteiger partial charge is 0.326 e. The molecule has 6 N–H and O–H groups in total. The molecule has 0 aromatic heterocycles. The molecule has 1 fully saturated rings. The van der Waals surface area contributed by atoms with Crippen molar-refractivity contribution in [2.45, 2.75) is 123 Å². The van der Waals surface area contributed by atoms with E-state index < -0.39 is 60.2 Å². The molecule has 0 saturated carbocycles. The number of likely N-dealkylation sites (N-methyl/N-ethyl adjacent to an activating group) is 1. The summed E-state index contributed by atoms with van der Waals surface area (Å²) in [4.78, 5) is 75.5. The molecular weight excluding hydrogens is 708 g/mol. The molecule has 2 rings (SSSR count). The van der Waals surface area contributed by atoms with Crippen molar-refractivity contribution in [2.75, 3.05) is 41.0 Å². The van der Waals surface area contributed by atoms with Gasteiger partial charge in [0.05, 0.1) is 49.3 Å². The Morgan fingerprint density at radius 1 is 0.945 bits per heavy atom. The van der Waals surface area contributed by atoms with Crippen LogP contribution < -0.4 is 21.8 Å². The first-order chi connectivity index (χ1) is 26.0. The molecule has 1 aliphatic rings. The number of carboxylic acid groups (broad SMARTS) is 1. The topological polar surface area (TPSA) is 202 Å². The predicted molar refractivity (Wildman–Crippen MR) is 209 cm³/mol. The number of nitrogens with two attached hydrogens (primary N) is 1. The summed E-state index contributed by atoms with van der Waals surface area (Å²) >= 11 is 0. The maximum atomic E-state index is 14.2. The molecule has 1 unspecified atom stereocenters. The second-order valence-corrected chi connectivity index (χ2v) is 15.5. The third kappa shape index (κ3) is 13.5. The summed E-state index contributed by atoms with van der Waals surface area (Å²) in [5.74, 6) is 1.59. The number of nitrogens with one attached hydrogen (secondary N) is 3. The van der Waals surface area contributed by atoms with Crippen molar-refractivity contribution in [3.63, 3.8) is 0 Å². The average molecular weight is 777 g/mol. The van der Waals surface area contributed by atoms with Crippen molar-refractivity contribution in [1.82, 2.24) is 25.8 Å². The Labute approximate surface area is 327 Å². The van der Waals surface area contributed by atoms with Gasteiger partial charge in [0.1, 0.15) is 12.1 Å². The van der Waals surface area contributed by atoms with Gasteiger partial charge in [0, 0.05) is 40.8 Å². The van der Waals surface area contributed by atoms with Gasteiger partial charge in [-0.2, -0.15) is 0 Å². The lowest BCUT2D eigenvalue weighted by Crippen LogP contribution is -2.60. The van der Waals surface area contributed by atoms with Gasteiger partial charge in [-0.05, 0) is 36.2 Å². The molecule has 0 aliphatic carbocycles. The Morgan fingerprint density at radius 3 is 2.11 bits per heavy atom. The van der Waals surface area contributed by atoms with E-state index in [4.69, 9.17) is 15.4 Å². The van der Waals surface area contributed by atoms with Crippen LogP contribution in [-0.2, 0) is 44.7 Å². The quantitative estimate of drug-likeness (QED) is 0.0763. The number of benzene rings is 1. The molecule has 1 aromatic rings. The van der Waals surface area contributed by atoms with E-state index in [2.05, 4.69) is 20.8 Å². The van der Waals surface area contributed by atoms with Crippen LogP contribution in [0.25, 0.3) is 0 Å². The maximum Gasteiger partial charge on any atom is 0.326 e. The van der Waals surface area contributed by atoms with Crippen molar-refractivity contribution >= 4 is 29.6 Å². The summed E-state index contributed by atoms with van der Waals surface area (Å²) in [6, 6.07) is 5.59. The van der Waals surface area contributed by atoms with E-state index in [0.29, 0.717) is 32.4 Å². The van der Waals surface area contributed by atoms with Crippen molar-refractivity contribution in [3.05, 3.63) is 35.9 Å². The van der Waals surface area contributed by atoms with Crippen molar-refractivity contribution in [1.29, 1.82) is 0 Å².